The van der Waals surface area contributed by atoms with Crippen molar-refractivity contribution in [3.05, 3.63) is 35.9 Å². The van der Waals surface area contributed by atoms with Crippen LogP contribution in [-0.4, -0.2) is 26.0 Å². The zero-order valence-corrected chi connectivity index (χ0v) is 9.47. The largest absolute Gasteiger partial charge is 0.481 e. The van der Waals surface area contributed by atoms with E-state index in [0.717, 1.165) is 22.8 Å². The van der Waals surface area contributed by atoms with Crippen LogP contribution in [0.25, 0.3) is 11.4 Å². The third-order valence-electron chi connectivity index (χ3n) is 2.50. The molecule has 88 valence electrons. The van der Waals surface area contributed by atoms with Crippen molar-refractivity contribution < 1.29 is 9.90 Å². The van der Waals surface area contributed by atoms with Crippen LogP contribution in [0.15, 0.2) is 24.5 Å². The van der Waals surface area contributed by atoms with E-state index < -0.39 is 5.97 Å². The Morgan fingerprint density at radius 2 is 2.35 bits per heavy atom. The predicted octanol–water partition coefficient (Wildman–Crippen LogP) is 1.80. The van der Waals surface area contributed by atoms with E-state index in [1.54, 1.807) is 12.4 Å². The number of carboxylic acids is 1. The van der Waals surface area contributed by atoms with Crippen molar-refractivity contribution in [3.8, 4) is 11.4 Å². The number of imidazole rings is 1. The number of carboxylic acid groups (broad SMARTS) is 1. The van der Waals surface area contributed by atoms with E-state index in [9.17, 15) is 4.79 Å². The fourth-order valence-electron chi connectivity index (χ4n) is 1.60. The van der Waals surface area contributed by atoms with Crippen molar-refractivity contribution in [2.45, 2.75) is 19.8 Å². The molecule has 5 nitrogen and oxygen atoms in total. The lowest BCUT2D eigenvalue weighted by Crippen LogP contribution is -1.98. The number of carbonyl (C=O) groups is 1. The lowest BCUT2D eigenvalue weighted by Gasteiger charge is -1.94. The normalized spacial score (nSPS) is 10.4. The highest BCUT2D eigenvalue weighted by molar-refractivity contribution is 5.67. The number of pyridine rings is 1. The Morgan fingerprint density at radius 3 is 3.00 bits per heavy atom. The number of aromatic nitrogens is 3. The van der Waals surface area contributed by atoms with Crippen molar-refractivity contribution in [1.29, 1.82) is 0 Å². The first-order chi connectivity index (χ1) is 8.16. The highest BCUT2D eigenvalue weighted by Gasteiger charge is 2.09. The lowest BCUT2D eigenvalue weighted by atomic mass is 10.2. The topological polar surface area (TPSA) is 78.9 Å². The molecule has 0 spiro atoms. The molecule has 0 aliphatic heterocycles. The molecule has 0 saturated heterocycles. The van der Waals surface area contributed by atoms with Gasteiger partial charge in [0, 0.05) is 30.1 Å². The quantitative estimate of drug-likeness (QED) is 0.840. The van der Waals surface area contributed by atoms with Crippen molar-refractivity contribution in [3.63, 3.8) is 0 Å². The standard InChI is InChI=1S/C12H13N3O2/c1-8-10(4-5-11(16)17)15-12(14-8)9-3-2-6-13-7-9/h2-3,6-7H,4-5H2,1H3,(H,14,15)(H,16,17). The minimum absolute atomic E-state index is 0.0954. The van der Waals surface area contributed by atoms with Gasteiger partial charge in [0.05, 0.1) is 12.1 Å². The van der Waals surface area contributed by atoms with Gasteiger partial charge >= 0.3 is 5.97 Å². The monoisotopic (exact) mass is 231 g/mol. The van der Waals surface area contributed by atoms with Gasteiger partial charge in [0.15, 0.2) is 0 Å². The summed E-state index contributed by atoms with van der Waals surface area (Å²) in [6.07, 6.45) is 3.96. The number of rotatable bonds is 4. The molecule has 2 N–H and O–H groups in total. The number of aliphatic carboxylic acids is 1. The smallest absolute Gasteiger partial charge is 0.303 e. The Kier molecular flexibility index (Phi) is 3.18. The van der Waals surface area contributed by atoms with E-state index in [2.05, 4.69) is 15.0 Å². The first kappa shape index (κ1) is 11.3. The Hall–Kier alpha value is -2.17. The molecule has 0 aliphatic rings. The number of aromatic amines is 1. The molecule has 0 atom stereocenters. The molecule has 2 aromatic heterocycles. The van der Waals surface area contributed by atoms with Crippen molar-refractivity contribution in [1.82, 2.24) is 15.0 Å². The van der Waals surface area contributed by atoms with Crippen LogP contribution in [0.5, 0.6) is 0 Å². The SMILES string of the molecule is Cc1[nH]c(-c2cccnc2)nc1CCC(=O)O. The van der Waals surface area contributed by atoms with E-state index in [-0.39, 0.29) is 6.42 Å². The number of nitrogens with zero attached hydrogens (tertiary/aromatic N) is 2. The second kappa shape index (κ2) is 4.78. The summed E-state index contributed by atoms with van der Waals surface area (Å²) in [6, 6.07) is 3.75. The van der Waals surface area contributed by atoms with Gasteiger partial charge in [-0.25, -0.2) is 4.98 Å². The molecule has 17 heavy (non-hydrogen) atoms. The van der Waals surface area contributed by atoms with E-state index in [0.29, 0.717) is 6.42 Å². The molecule has 2 heterocycles. The molecule has 0 fully saturated rings. The van der Waals surface area contributed by atoms with E-state index in [1.807, 2.05) is 19.1 Å². The van der Waals surface area contributed by atoms with Crippen molar-refractivity contribution in [2.24, 2.45) is 0 Å². The number of H-pyrrole nitrogens is 1. The lowest BCUT2D eigenvalue weighted by molar-refractivity contribution is -0.136. The van der Waals surface area contributed by atoms with Gasteiger partial charge in [0.25, 0.3) is 0 Å². The van der Waals surface area contributed by atoms with Crippen LogP contribution in [0.1, 0.15) is 17.8 Å². The zero-order valence-electron chi connectivity index (χ0n) is 9.47. The Morgan fingerprint density at radius 1 is 1.53 bits per heavy atom. The average molecular weight is 231 g/mol. The molecule has 2 rings (SSSR count). The summed E-state index contributed by atoms with van der Waals surface area (Å²) < 4.78 is 0. The third kappa shape index (κ3) is 2.69. The summed E-state index contributed by atoms with van der Waals surface area (Å²) in [5, 5.41) is 8.64. The summed E-state index contributed by atoms with van der Waals surface area (Å²) in [4.78, 5) is 22.1. The first-order valence-electron chi connectivity index (χ1n) is 5.34. The van der Waals surface area contributed by atoms with Gasteiger partial charge < -0.3 is 10.1 Å². The fourth-order valence-corrected chi connectivity index (χ4v) is 1.60. The van der Waals surface area contributed by atoms with Crippen molar-refractivity contribution >= 4 is 5.97 Å². The Bertz CT molecular complexity index is 520. The number of hydrogen-bond acceptors (Lipinski definition) is 3. The molecule has 0 unspecified atom stereocenters. The Balaban J connectivity index is 2.22. The minimum atomic E-state index is -0.810. The molecule has 2 aromatic rings. The molecule has 0 saturated carbocycles. The summed E-state index contributed by atoms with van der Waals surface area (Å²) in [7, 11) is 0. The Labute approximate surface area is 98.6 Å². The van der Waals surface area contributed by atoms with Crippen LogP contribution >= 0.6 is 0 Å². The summed E-state index contributed by atoms with van der Waals surface area (Å²) >= 11 is 0. The molecule has 0 amide bonds. The van der Waals surface area contributed by atoms with Crippen LogP contribution in [0.2, 0.25) is 0 Å². The summed E-state index contributed by atoms with van der Waals surface area (Å²) in [5.41, 5.74) is 2.61. The van der Waals surface area contributed by atoms with Gasteiger partial charge in [0.2, 0.25) is 0 Å². The van der Waals surface area contributed by atoms with Gasteiger partial charge in [-0.2, -0.15) is 0 Å². The van der Waals surface area contributed by atoms with Crippen LogP contribution in [0, 0.1) is 6.92 Å². The zero-order chi connectivity index (χ0) is 12.3. The second-order valence-corrected chi connectivity index (χ2v) is 3.79. The number of hydrogen-bond donors (Lipinski definition) is 2. The molecule has 0 bridgehead atoms. The van der Waals surface area contributed by atoms with E-state index >= 15 is 0 Å². The van der Waals surface area contributed by atoms with Crippen molar-refractivity contribution in [2.75, 3.05) is 0 Å². The molecule has 5 heteroatoms. The van der Waals surface area contributed by atoms with E-state index in [4.69, 9.17) is 5.11 Å². The van der Waals surface area contributed by atoms with Gasteiger partial charge in [-0.1, -0.05) is 0 Å². The highest BCUT2D eigenvalue weighted by Crippen LogP contribution is 2.17. The van der Waals surface area contributed by atoms with Crippen LogP contribution in [-0.2, 0) is 11.2 Å². The summed E-state index contributed by atoms with van der Waals surface area (Å²) in [6.45, 7) is 1.89. The van der Waals surface area contributed by atoms with Gasteiger partial charge in [-0.15, -0.1) is 0 Å². The van der Waals surface area contributed by atoms with Crippen LogP contribution in [0.3, 0.4) is 0 Å². The molecule has 0 radical (unpaired) electrons. The number of nitrogens with one attached hydrogen (secondary N) is 1. The van der Waals surface area contributed by atoms with E-state index in [1.165, 1.54) is 0 Å². The van der Waals surface area contributed by atoms with Crippen LogP contribution in [0.4, 0.5) is 0 Å². The average Bonchev–Trinajstić information content (AvgIpc) is 2.69. The highest BCUT2D eigenvalue weighted by atomic mass is 16.4. The van der Waals surface area contributed by atoms with Gasteiger partial charge in [0.1, 0.15) is 5.82 Å². The third-order valence-corrected chi connectivity index (χ3v) is 2.50. The van der Waals surface area contributed by atoms with Gasteiger partial charge in [-0.05, 0) is 19.1 Å². The number of aryl methyl sites for hydroxylation is 2. The van der Waals surface area contributed by atoms with Crippen LogP contribution < -0.4 is 0 Å². The molecular formula is C12H13N3O2. The fraction of sp³-hybridized carbons (Fsp3) is 0.250. The maximum absolute atomic E-state index is 10.5. The minimum Gasteiger partial charge on any atom is -0.481 e. The second-order valence-electron chi connectivity index (χ2n) is 3.79. The van der Waals surface area contributed by atoms with Gasteiger partial charge in [-0.3, -0.25) is 9.78 Å². The summed E-state index contributed by atoms with van der Waals surface area (Å²) in [5.74, 6) is -0.0775. The molecule has 0 aromatic carbocycles. The first-order valence-corrected chi connectivity index (χ1v) is 5.34. The molecule has 0 aliphatic carbocycles. The maximum atomic E-state index is 10.5. The predicted molar refractivity (Wildman–Crippen MR) is 62.5 cm³/mol. The molecular weight excluding hydrogens is 218 g/mol. The maximum Gasteiger partial charge on any atom is 0.303 e.